The van der Waals surface area contributed by atoms with Crippen molar-refractivity contribution >= 4 is 13.8 Å². The Kier molecular flexibility index (Phi) is 7.62. The molecule has 0 bridgehead atoms. The van der Waals surface area contributed by atoms with E-state index in [2.05, 4.69) is 0 Å². The Hall–Kier alpha value is -3.18. The van der Waals surface area contributed by atoms with Crippen LogP contribution in [0.2, 0.25) is 0 Å². The summed E-state index contributed by atoms with van der Waals surface area (Å²) in [5.41, 5.74) is 1.32. The highest BCUT2D eigenvalue weighted by Gasteiger charge is 2.56. The summed E-state index contributed by atoms with van der Waals surface area (Å²) in [6.45, 7) is 1.61. The number of phenolic OH excluding ortho intramolecular Hbond substituents is 1. The quantitative estimate of drug-likeness (QED) is 0.215. The number of esters is 1. The molecule has 244 valence electrons. The molecule has 5 N–H and O–H groups in total. The Labute approximate surface area is 255 Å². The molecule has 17 heteroatoms. The molecule has 0 unspecified atom stereocenters. The van der Waals surface area contributed by atoms with Gasteiger partial charge in [0.05, 0.1) is 32.3 Å². The van der Waals surface area contributed by atoms with Crippen LogP contribution < -0.4 is 18.7 Å². The Balaban J connectivity index is 1.32. The van der Waals surface area contributed by atoms with Crippen molar-refractivity contribution < 1.29 is 76.9 Å². The third-order valence-electron chi connectivity index (χ3n) is 8.74. The van der Waals surface area contributed by atoms with E-state index < -0.39 is 86.1 Å². The molecule has 45 heavy (non-hydrogen) atoms. The van der Waals surface area contributed by atoms with Crippen LogP contribution in [-0.2, 0) is 33.0 Å². The molecule has 4 aliphatic heterocycles. The van der Waals surface area contributed by atoms with E-state index in [1.807, 2.05) is 0 Å². The summed E-state index contributed by atoms with van der Waals surface area (Å²) in [5.74, 6) is -3.63. The lowest BCUT2D eigenvalue weighted by Gasteiger charge is -2.47. The number of ether oxygens (including phenoxy) is 8. The summed E-state index contributed by atoms with van der Waals surface area (Å²) in [7, 11) is -3.86. The van der Waals surface area contributed by atoms with Gasteiger partial charge in [-0.1, -0.05) is 0 Å². The Morgan fingerprint density at radius 1 is 0.933 bits per heavy atom. The molecule has 10 atom stereocenters. The summed E-state index contributed by atoms with van der Waals surface area (Å²) in [6, 6.07) is 5.99. The Morgan fingerprint density at radius 2 is 1.64 bits per heavy atom. The van der Waals surface area contributed by atoms with Gasteiger partial charge in [-0.3, -0.25) is 14.6 Å². The van der Waals surface area contributed by atoms with Crippen molar-refractivity contribution in [1.82, 2.24) is 0 Å². The SMILES string of the molecule is COc1cc([C@@H]2c3cc4c(cc3[C@@H](O[C@@H]3O[C@@H]5CO[C@@H](C)O[C@H]5[C@H](O)[C@H]3O)[C@H]3COC(=O)[C@H]23)OCO4)cc(OP(=O)(O)O)c1O. The summed E-state index contributed by atoms with van der Waals surface area (Å²) in [4.78, 5) is 32.4. The zero-order valence-corrected chi connectivity index (χ0v) is 24.8. The maximum atomic E-state index is 13.4. The zero-order chi connectivity index (χ0) is 31.8. The van der Waals surface area contributed by atoms with E-state index in [9.17, 15) is 34.5 Å². The first kappa shape index (κ1) is 30.5. The molecule has 0 radical (unpaired) electrons. The van der Waals surface area contributed by atoms with Crippen molar-refractivity contribution in [3.63, 3.8) is 0 Å². The molecule has 2 aromatic rings. The van der Waals surface area contributed by atoms with Gasteiger partial charge in [-0.05, 0) is 47.9 Å². The smallest absolute Gasteiger partial charge is 0.502 e. The molecule has 7 rings (SSSR count). The summed E-state index contributed by atoms with van der Waals surface area (Å²) >= 11 is 0. The third kappa shape index (κ3) is 5.29. The second-order valence-electron chi connectivity index (χ2n) is 11.4. The lowest BCUT2D eigenvalue weighted by Crippen LogP contribution is -2.63. The number of aliphatic hydroxyl groups excluding tert-OH is 2. The number of cyclic esters (lactones) is 1. The number of aliphatic hydroxyl groups is 2. The van der Waals surface area contributed by atoms with Gasteiger partial charge < -0.3 is 57.7 Å². The van der Waals surface area contributed by atoms with Crippen LogP contribution in [0.4, 0.5) is 0 Å². The molecule has 3 fully saturated rings. The number of phenols is 1. The normalized spacial score (nSPS) is 35.2. The number of aromatic hydroxyl groups is 1. The van der Waals surface area contributed by atoms with E-state index in [1.165, 1.54) is 19.2 Å². The average Bonchev–Trinajstić information content (AvgIpc) is 3.61. The highest BCUT2D eigenvalue weighted by atomic mass is 31.2. The molecule has 5 aliphatic rings. The van der Waals surface area contributed by atoms with E-state index in [-0.39, 0.29) is 25.8 Å². The zero-order valence-electron chi connectivity index (χ0n) is 23.9. The van der Waals surface area contributed by atoms with Crippen LogP contribution in [0, 0.1) is 11.8 Å². The van der Waals surface area contributed by atoms with Crippen LogP contribution in [0.3, 0.4) is 0 Å². The number of fused-ring (bicyclic) bond motifs is 4. The van der Waals surface area contributed by atoms with Crippen LogP contribution in [-0.4, -0.2) is 95.2 Å². The molecule has 0 saturated carbocycles. The second-order valence-corrected chi connectivity index (χ2v) is 12.5. The van der Waals surface area contributed by atoms with Crippen molar-refractivity contribution in [2.45, 2.75) is 55.9 Å². The third-order valence-corrected chi connectivity index (χ3v) is 9.18. The van der Waals surface area contributed by atoms with Crippen LogP contribution in [0.1, 0.15) is 35.6 Å². The number of benzene rings is 2. The van der Waals surface area contributed by atoms with E-state index >= 15 is 0 Å². The number of carbonyl (C=O) groups excluding carboxylic acids is 1. The van der Waals surface area contributed by atoms with Gasteiger partial charge in [0.25, 0.3) is 0 Å². The van der Waals surface area contributed by atoms with Crippen molar-refractivity contribution in [3.8, 4) is 28.7 Å². The van der Waals surface area contributed by atoms with Gasteiger partial charge in [0, 0.05) is 11.8 Å². The van der Waals surface area contributed by atoms with Gasteiger partial charge in [-0.2, -0.15) is 0 Å². The number of rotatable bonds is 6. The molecule has 0 amide bonds. The molecule has 0 aromatic heterocycles. The minimum atomic E-state index is -5.11. The fourth-order valence-corrected chi connectivity index (χ4v) is 7.17. The van der Waals surface area contributed by atoms with Crippen LogP contribution >= 0.6 is 7.82 Å². The minimum Gasteiger partial charge on any atom is -0.502 e. The van der Waals surface area contributed by atoms with Gasteiger partial charge in [0.1, 0.15) is 24.4 Å². The van der Waals surface area contributed by atoms with E-state index in [4.69, 9.17) is 42.4 Å². The molecule has 1 aliphatic carbocycles. The fourth-order valence-electron chi connectivity index (χ4n) is 6.78. The van der Waals surface area contributed by atoms with E-state index in [0.29, 0.717) is 28.2 Å². The van der Waals surface area contributed by atoms with Crippen LogP contribution in [0.5, 0.6) is 28.7 Å². The van der Waals surface area contributed by atoms with E-state index in [1.54, 1.807) is 19.1 Å². The largest absolute Gasteiger partial charge is 0.524 e. The molecule has 2 aromatic carbocycles. The van der Waals surface area contributed by atoms with Crippen molar-refractivity contribution in [3.05, 3.63) is 41.0 Å². The van der Waals surface area contributed by atoms with Crippen molar-refractivity contribution in [1.29, 1.82) is 0 Å². The molecule has 4 heterocycles. The van der Waals surface area contributed by atoms with Gasteiger partial charge in [-0.15, -0.1) is 0 Å². The van der Waals surface area contributed by atoms with Gasteiger partial charge in [0.15, 0.2) is 35.6 Å². The average molecular weight is 655 g/mol. The molecular weight excluding hydrogens is 623 g/mol. The number of phosphoric ester groups is 1. The predicted octanol–water partition coefficient (Wildman–Crippen LogP) is 0.801. The van der Waals surface area contributed by atoms with Gasteiger partial charge >= 0.3 is 13.8 Å². The highest BCUT2D eigenvalue weighted by Crippen LogP contribution is 2.57. The van der Waals surface area contributed by atoms with Crippen LogP contribution in [0.15, 0.2) is 24.3 Å². The van der Waals surface area contributed by atoms with Gasteiger partial charge in [0.2, 0.25) is 12.5 Å². The molecular formula is C28H31O16P. The number of methoxy groups -OCH3 is 1. The fraction of sp³-hybridized carbons (Fsp3) is 0.536. The van der Waals surface area contributed by atoms with E-state index in [0.717, 1.165) is 0 Å². The van der Waals surface area contributed by atoms with Crippen molar-refractivity contribution in [2.24, 2.45) is 11.8 Å². The maximum absolute atomic E-state index is 13.4. The summed E-state index contributed by atoms with van der Waals surface area (Å²) in [5, 5.41) is 32.5. The standard InChI is InChI=1S/C28H31O16P/c1-10-37-8-19-26(41-10)23(30)24(31)28(42-19)43-25-13-6-16-15(39-9-40-16)5-12(13)20(21-14(25)7-38-27(21)32)11-3-17(36-2)22(29)18(4-11)44-45(33,34)35/h3-6,10,14,19-21,23-26,28-31H,7-9H2,1-2H3,(H2,33,34,35)/t10-,14+,19-,20-,21+,23-,24-,25-,26-,28+/m1/s1. The molecule has 3 saturated heterocycles. The summed E-state index contributed by atoms with van der Waals surface area (Å²) < 4.78 is 62.1. The minimum absolute atomic E-state index is 0.0608. The second kappa shape index (κ2) is 11.3. The van der Waals surface area contributed by atoms with Crippen LogP contribution in [0.25, 0.3) is 0 Å². The topological polar surface area (TPSA) is 218 Å². The number of carbonyl (C=O) groups is 1. The molecule has 16 nitrogen and oxygen atoms in total. The number of hydrogen-bond donors (Lipinski definition) is 5. The predicted molar refractivity (Wildman–Crippen MR) is 144 cm³/mol. The lowest BCUT2D eigenvalue weighted by molar-refractivity contribution is -0.364. The monoisotopic (exact) mass is 654 g/mol. The first-order valence-electron chi connectivity index (χ1n) is 14.1. The van der Waals surface area contributed by atoms with Crippen molar-refractivity contribution in [2.75, 3.05) is 27.1 Å². The Morgan fingerprint density at radius 3 is 2.36 bits per heavy atom. The Bertz CT molecular complexity index is 1540. The number of hydrogen-bond acceptors (Lipinski definition) is 14. The summed E-state index contributed by atoms with van der Waals surface area (Å²) in [6.07, 6.45) is -7.35. The first-order valence-corrected chi connectivity index (χ1v) is 15.7. The maximum Gasteiger partial charge on any atom is 0.524 e. The van der Waals surface area contributed by atoms with Gasteiger partial charge in [-0.25, -0.2) is 4.57 Å². The molecule has 0 spiro atoms. The highest BCUT2D eigenvalue weighted by molar-refractivity contribution is 7.46. The first-order chi connectivity index (χ1) is 21.4. The lowest BCUT2D eigenvalue weighted by atomic mass is 9.66. The number of phosphoric acid groups is 1.